The molecular weight excluding hydrogens is 380 g/mol. The Hall–Kier alpha value is -1.95. The van der Waals surface area contributed by atoms with Crippen LogP contribution in [0, 0.1) is 0 Å². The number of aliphatic hydroxyl groups excluding tert-OH is 1. The molecule has 2 aromatic carbocycles. The number of rotatable bonds is 11. The normalized spacial score (nSPS) is 13.2. The molecule has 29 heavy (non-hydrogen) atoms. The molecule has 0 aliphatic carbocycles. The van der Waals surface area contributed by atoms with Crippen LogP contribution in [-0.4, -0.2) is 37.2 Å². The summed E-state index contributed by atoms with van der Waals surface area (Å²) in [4.78, 5) is 10.6. The molecule has 0 spiro atoms. The van der Waals surface area contributed by atoms with Crippen LogP contribution in [0.3, 0.4) is 0 Å². The van der Waals surface area contributed by atoms with Crippen molar-refractivity contribution in [1.82, 2.24) is 0 Å². The van der Waals surface area contributed by atoms with E-state index >= 15 is 0 Å². The van der Waals surface area contributed by atoms with Gasteiger partial charge >= 0.3 is 5.97 Å². The maximum absolute atomic E-state index is 10.6. The number of carbonyl (C=O) groups is 1. The average molecular weight is 415 g/mol. The van der Waals surface area contributed by atoms with Crippen molar-refractivity contribution < 1.29 is 19.4 Å². The average Bonchev–Trinajstić information content (AvgIpc) is 2.67. The van der Waals surface area contributed by atoms with E-state index < -0.39 is 20.4 Å². The van der Waals surface area contributed by atoms with Gasteiger partial charge in [0.25, 0.3) is 8.32 Å². The summed E-state index contributed by atoms with van der Waals surface area (Å²) in [6.07, 6.45) is 2.19. The van der Waals surface area contributed by atoms with Crippen molar-refractivity contribution in [2.75, 3.05) is 6.61 Å². The molecule has 0 fully saturated rings. The molecule has 0 aliphatic rings. The fraction of sp³-hybridized carbons (Fsp3) is 0.458. The summed E-state index contributed by atoms with van der Waals surface area (Å²) in [6.45, 7) is 7.45. The summed E-state index contributed by atoms with van der Waals surface area (Å²) in [6, 6.07) is 21.2. The predicted octanol–water partition coefficient (Wildman–Crippen LogP) is 3.96. The molecule has 0 amide bonds. The van der Waals surface area contributed by atoms with Crippen LogP contribution < -0.4 is 10.4 Å². The molecule has 2 rings (SSSR count). The second kappa shape index (κ2) is 10.7. The van der Waals surface area contributed by atoms with Crippen molar-refractivity contribution in [3.05, 3.63) is 60.7 Å². The van der Waals surface area contributed by atoms with E-state index in [-0.39, 0.29) is 11.5 Å². The quantitative estimate of drug-likeness (QED) is 0.431. The predicted molar refractivity (Wildman–Crippen MR) is 120 cm³/mol. The number of aliphatic carboxylic acids is 1. The number of carboxylic acid groups (broad SMARTS) is 1. The minimum Gasteiger partial charge on any atom is -0.481 e. The van der Waals surface area contributed by atoms with E-state index in [1.807, 2.05) is 12.1 Å². The minimum atomic E-state index is -2.48. The summed E-state index contributed by atoms with van der Waals surface area (Å²) < 4.78 is 6.82. The molecule has 0 radical (unpaired) electrons. The number of benzene rings is 2. The zero-order valence-corrected chi connectivity index (χ0v) is 18.8. The summed E-state index contributed by atoms with van der Waals surface area (Å²) >= 11 is 0. The number of unbranched alkanes of at least 4 members (excludes halogenated alkanes) is 2. The van der Waals surface area contributed by atoms with Crippen LogP contribution in [0.5, 0.6) is 0 Å². The van der Waals surface area contributed by atoms with Gasteiger partial charge in [0, 0.05) is 6.61 Å². The molecule has 0 aliphatic heterocycles. The van der Waals surface area contributed by atoms with Gasteiger partial charge in [-0.2, -0.15) is 0 Å². The van der Waals surface area contributed by atoms with E-state index in [0.717, 1.165) is 19.3 Å². The van der Waals surface area contributed by atoms with Crippen LogP contribution in [0.15, 0.2) is 60.7 Å². The summed E-state index contributed by atoms with van der Waals surface area (Å²) in [7, 11) is -2.48. The molecule has 1 atom stereocenters. The van der Waals surface area contributed by atoms with Crippen molar-refractivity contribution in [3.8, 4) is 0 Å². The molecular formula is C24H34O4Si. The van der Waals surface area contributed by atoms with Crippen LogP contribution in [0.25, 0.3) is 0 Å². The number of hydrogen-bond donors (Lipinski definition) is 2. The highest BCUT2D eigenvalue weighted by Gasteiger charge is 2.49. The Morgan fingerprint density at radius 3 is 1.90 bits per heavy atom. The standard InChI is InChI=1S/C24H34O4Si/c1-24(2,3)29(21-14-8-4-9-15-21,22-16-10-5-11-17-22)28-18-12-6-7-13-20(25)19-23(26)27/h4-5,8-11,14-17,20,25H,6-7,12-13,18-19H2,1-3H3,(H,26,27)/t20-/m1/s1. The highest BCUT2D eigenvalue weighted by Crippen LogP contribution is 2.36. The van der Waals surface area contributed by atoms with E-state index in [9.17, 15) is 9.90 Å². The van der Waals surface area contributed by atoms with Crippen LogP contribution in [0.1, 0.15) is 52.9 Å². The largest absolute Gasteiger partial charge is 0.481 e. The van der Waals surface area contributed by atoms with Gasteiger partial charge in [-0.15, -0.1) is 0 Å². The Labute approximate surface area is 175 Å². The Kier molecular flexibility index (Phi) is 8.62. The molecule has 4 nitrogen and oxygen atoms in total. The Bertz CT molecular complexity index is 701. The topological polar surface area (TPSA) is 66.8 Å². The lowest BCUT2D eigenvalue weighted by Crippen LogP contribution is -2.66. The van der Waals surface area contributed by atoms with E-state index in [0.29, 0.717) is 13.0 Å². The molecule has 5 heteroatoms. The molecule has 2 aromatic rings. The van der Waals surface area contributed by atoms with E-state index in [4.69, 9.17) is 9.53 Å². The number of carboxylic acids is 1. The highest BCUT2D eigenvalue weighted by atomic mass is 28.4. The van der Waals surface area contributed by atoms with Crippen LogP contribution in [-0.2, 0) is 9.22 Å². The molecule has 0 aromatic heterocycles. The zero-order chi connectivity index (χ0) is 21.3. The second-order valence-electron chi connectivity index (χ2n) is 8.61. The first-order valence-corrected chi connectivity index (χ1v) is 12.3. The lowest BCUT2D eigenvalue weighted by molar-refractivity contribution is -0.139. The molecule has 0 saturated carbocycles. The first-order chi connectivity index (χ1) is 13.8. The SMILES string of the molecule is CC(C)(C)[Si](OCCCCC[C@@H](O)CC(=O)O)(c1ccccc1)c1ccccc1. The fourth-order valence-electron chi connectivity index (χ4n) is 3.95. The van der Waals surface area contributed by atoms with Crippen molar-refractivity contribution >= 4 is 24.7 Å². The van der Waals surface area contributed by atoms with E-state index in [2.05, 4.69) is 69.3 Å². The van der Waals surface area contributed by atoms with Gasteiger partial charge in [0.05, 0.1) is 12.5 Å². The zero-order valence-electron chi connectivity index (χ0n) is 17.8. The summed E-state index contributed by atoms with van der Waals surface area (Å²) in [5.74, 6) is -0.951. The van der Waals surface area contributed by atoms with Gasteiger partial charge in [-0.25, -0.2) is 0 Å². The van der Waals surface area contributed by atoms with Gasteiger partial charge < -0.3 is 14.6 Å². The Morgan fingerprint density at radius 2 is 1.45 bits per heavy atom. The molecule has 158 valence electrons. The first-order valence-electron chi connectivity index (χ1n) is 10.4. The molecule has 2 N–H and O–H groups in total. The van der Waals surface area contributed by atoms with E-state index in [1.54, 1.807) is 0 Å². The third-order valence-electron chi connectivity index (χ3n) is 5.33. The maximum atomic E-state index is 10.6. The third-order valence-corrected chi connectivity index (χ3v) is 10.4. The van der Waals surface area contributed by atoms with Gasteiger partial charge in [-0.1, -0.05) is 94.3 Å². The van der Waals surface area contributed by atoms with Crippen LogP contribution in [0.2, 0.25) is 5.04 Å². The van der Waals surface area contributed by atoms with Gasteiger partial charge in [0.15, 0.2) is 0 Å². The molecule has 0 unspecified atom stereocenters. The Morgan fingerprint density at radius 1 is 0.931 bits per heavy atom. The summed E-state index contributed by atoms with van der Waals surface area (Å²) in [5, 5.41) is 20.9. The van der Waals surface area contributed by atoms with Crippen molar-refractivity contribution in [3.63, 3.8) is 0 Å². The monoisotopic (exact) mass is 414 g/mol. The Balaban J connectivity index is 2.10. The van der Waals surface area contributed by atoms with Crippen LogP contribution in [0.4, 0.5) is 0 Å². The number of hydrogen-bond acceptors (Lipinski definition) is 3. The summed E-state index contributed by atoms with van der Waals surface area (Å²) in [5.41, 5.74) is 0. The van der Waals surface area contributed by atoms with E-state index in [1.165, 1.54) is 10.4 Å². The lowest BCUT2D eigenvalue weighted by atomic mass is 10.1. The third kappa shape index (κ3) is 6.26. The van der Waals surface area contributed by atoms with Gasteiger partial charge in [0.1, 0.15) is 0 Å². The highest BCUT2D eigenvalue weighted by molar-refractivity contribution is 6.99. The first kappa shape index (κ1) is 23.3. The lowest BCUT2D eigenvalue weighted by Gasteiger charge is -2.43. The smallest absolute Gasteiger partial charge is 0.305 e. The fourth-order valence-corrected chi connectivity index (χ4v) is 8.56. The molecule has 0 bridgehead atoms. The van der Waals surface area contributed by atoms with Crippen molar-refractivity contribution in [2.24, 2.45) is 0 Å². The minimum absolute atomic E-state index is 0.0343. The molecule has 0 heterocycles. The number of aliphatic hydroxyl groups is 1. The van der Waals surface area contributed by atoms with Crippen molar-refractivity contribution in [1.29, 1.82) is 0 Å². The van der Waals surface area contributed by atoms with Gasteiger partial charge in [0.2, 0.25) is 0 Å². The van der Waals surface area contributed by atoms with Gasteiger partial charge in [-0.05, 0) is 28.3 Å². The van der Waals surface area contributed by atoms with Crippen LogP contribution >= 0.6 is 0 Å². The van der Waals surface area contributed by atoms with Gasteiger partial charge in [-0.3, -0.25) is 4.79 Å². The molecule has 0 saturated heterocycles. The maximum Gasteiger partial charge on any atom is 0.305 e. The van der Waals surface area contributed by atoms with Crippen molar-refractivity contribution in [2.45, 2.75) is 64.0 Å². The second-order valence-corrected chi connectivity index (χ2v) is 12.9.